The largest absolute Gasteiger partial charge is 0.127 e. The highest BCUT2D eigenvalue weighted by Gasteiger charge is 1.95. The molecule has 0 nitrogen and oxygen atoms in total. The number of rotatable bonds is 12. The predicted molar refractivity (Wildman–Crippen MR) is 80.9 cm³/mol. The fourth-order valence-corrected chi connectivity index (χ4v) is 2.29. The van der Waals surface area contributed by atoms with Gasteiger partial charge in [0.05, 0.1) is 0 Å². The van der Waals surface area contributed by atoms with E-state index < -0.39 is 0 Å². The summed E-state index contributed by atoms with van der Waals surface area (Å²) in [5.74, 6) is 0.827. The SMILES string of the molecule is CCCCCC/C(=C/CCCCCCCl)CC. The van der Waals surface area contributed by atoms with Gasteiger partial charge in [-0.2, -0.15) is 0 Å². The maximum atomic E-state index is 5.66. The van der Waals surface area contributed by atoms with E-state index in [9.17, 15) is 0 Å². The molecule has 0 aliphatic rings. The van der Waals surface area contributed by atoms with Crippen LogP contribution in [0.4, 0.5) is 0 Å². The number of hydrogen-bond acceptors (Lipinski definition) is 0. The van der Waals surface area contributed by atoms with Crippen LogP contribution in [-0.4, -0.2) is 5.88 Å². The molecule has 0 saturated heterocycles. The summed E-state index contributed by atoms with van der Waals surface area (Å²) in [6.07, 6.45) is 17.0. The third-order valence-electron chi connectivity index (χ3n) is 3.33. The Balaban J connectivity index is 3.48. The Kier molecular flexibility index (Phi) is 14.1. The second-order valence-electron chi connectivity index (χ2n) is 4.92. The zero-order chi connectivity index (χ0) is 12.8. The third-order valence-corrected chi connectivity index (χ3v) is 3.59. The minimum Gasteiger partial charge on any atom is -0.127 e. The van der Waals surface area contributed by atoms with Crippen molar-refractivity contribution in [2.24, 2.45) is 0 Å². The minimum absolute atomic E-state index is 0.827. The quantitative estimate of drug-likeness (QED) is 0.213. The highest BCUT2D eigenvalue weighted by Crippen LogP contribution is 2.15. The second-order valence-corrected chi connectivity index (χ2v) is 5.30. The van der Waals surface area contributed by atoms with Gasteiger partial charge in [0, 0.05) is 5.88 Å². The summed E-state index contributed by atoms with van der Waals surface area (Å²) in [6.45, 7) is 4.57. The van der Waals surface area contributed by atoms with E-state index in [0.29, 0.717) is 0 Å². The molecule has 0 atom stereocenters. The van der Waals surface area contributed by atoms with E-state index in [2.05, 4.69) is 19.9 Å². The van der Waals surface area contributed by atoms with Crippen LogP contribution in [-0.2, 0) is 0 Å². The summed E-state index contributed by atoms with van der Waals surface area (Å²) in [6, 6.07) is 0. The zero-order valence-electron chi connectivity index (χ0n) is 11.9. The lowest BCUT2D eigenvalue weighted by molar-refractivity contribution is 0.649. The Bertz CT molecular complexity index is 172. The van der Waals surface area contributed by atoms with Crippen LogP contribution in [0.1, 0.15) is 84.5 Å². The smallest absolute Gasteiger partial charge is 0.0223 e. The molecule has 0 N–H and O–H groups in total. The van der Waals surface area contributed by atoms with Crippen LogP contribution in [0.5, 0.6) is 0 Å². The van der Waals surface area contributed by atoms with Crippen LogP contribution < -0.4 is 0 Å². The van der Waals surface area contributed by atoms with Gasteiger partial charge in [0.15, 0.2) is 0 Å². The van der Waals surface area contributed by atoms with Gasteiger partial charge >= 0.3 is 0 Å². The van der Waals surface area contributed by atoms with Crippen molar-refractivity contribution in [1.82, 2.24) is 0 Å². The average Bonchev–Trinajstić information content (AvgIpc) is 2.36. The van der Waals surface area contributed by atoms with E-state index in [1.807, 2.05) is 0 Å². The van der Waals surface area contributed by atoms with E-state index in [1.54, 1.807) is 5.57 Å². The van der Waals surface area contributed by atoms with E-state index in [4.69, 9.17) is 11.6 Å². The number of alkyl halides is 1. The zero-order valence-corrected chi connectivity index (χ0v) is 12.7. The van der Waals surface area contributed by atoms with Crippen LogP contribution in [0, 0.1) is 0 Å². The standard InChI is InChI=1S/C16H31Cl/c1-3-5-6-10-13-16(4-2)14-11-8-7-9-12-15-17/h14H,3-13,15H2,1-2H3/b16-14+. The Hall–Kier alpha value is 0.0300. The molecular weight excluding hydrogens is 228 g/mol. The molecule has 0 bridgehead atoms. The average molecular weight is 259 g/mol. The van der Waals surface area contributed by atoms with Crippen LogP contribution in [0.2, 0.25) is 0 Å². The van der Waals surface area contributed by atoms with Gasteiger partial charge in [-0.05, 0) is 38.5 Å². The number of allylic oxidation sites excluding steroid dienone is 2. The molecule has 0 spiro atoms. The molecule has 0 unspecified atom stereocenters. The topological polar surface area (TPSA) is 0 Å². The van der Waals surface area contributed by atoms with E-state index in [1.165, 1.54) is 70.6 Å². The van der Waals surface area contributed by atoms with Crippen molar-refractivity contribution < 1.29 is 0 Å². The lowest BCUT2D eigenvalue weighted by atomic mass is 10.0. The predicted octanol–water partition coefficient (Wildman–Crippen LogP) is 6.48. The molecular formula is C16H31Cl. The van der Waals surface area contributed by atoms with Gasteiger partial charge in [0.2, 0.25) is 0 Å². The fourth-order valence-electron chi connectivity index (χ4n) is 2.10. The van der Waals surface area contributed by atoms with Crippen LogP contribution in [0.3, 0.4) is 0 Å². The van der Waals surface area contributed by atoms with Crippen molar-refractivity contribution in [2.75, 3.05) is 5.88 Å². The fraction of sp³-hybridized carbons (Fsp3) is 0.875. The first-order valence-electron chi connectivity index (χ1n) is 7.59. The lowest BCUT2D eigenvalue weighted by Gasteiger charge is -2.05. The van der Waals surface area contributed by atoms with Crippen LogP contribution in [0.25, 0.3) is 0 Å². The van der Waals surface area contributed by atoms with Gasteiger partial charge in [0.1, 0.15) is 0 Å². The minimum atomic E-state index is 0.827. The van der Waals surface area contributed by atoms with E-state index >= 15 is 0 Å². The Morgan fingerprint density at radius 3 is 2.24 bits per heavy atom. The molecule has 0 aromatic heterocycles. The highest BCUT2D eigenvalue weighted by molar-refractivity contribution is 6.17. The maximum absolute atomic E-state index is 5.66. The summed E-state index contributed by atoms with van der Waals surface area (Å²) >= 11 is 5.66. The first-order valence-corrected chi connectivity index (χ1v) is 8.12. The molecule has 0 radical (unpaired) electrons. The first kappa shape index (κ1) is 17.0. The number of halogens is 1. The molecule has 0 heterocycles. The Labute approximate surface area is 114 Å². The van der Waals surface area contributed by atoms with Crippen molar-refractivity contribution in [1.29, 1.82) is 0 Å². The van der Waals surface area contributed by atoms with Crippen molar-refractivity contribution in [3.63, 3.8) is 0 Å². The van der Waals surface area contributed by atoms with Gasteiger partial charge in [-0.25, -0.2) is 0 Å². The monoisotopic (exact) mass is 258 g/mol. The van der Waals surface area contributed by atoms with Gasteiger partial charge in [-0.15, -0.1) is 11.6 Å². The number of hydrogen-bond donors (Lipinski definition) is 0. The van der Waals surface area contributed by atoms with E-state index in [-0.39, 0.29) is 0 Å². The third kappa shape index (κ3) is 12.3. The molecule has 0 aliphatic carbocycles. The normalized spacial score (nSPS) is 12.1. The van der Waals surface area contributed by atoms with Crippen molar-refractivity contribution in [3.8, 4) is 0 Å². The summed E-state index contributed by atoms with van der Waals surface area (Å²) in [5.41, 5.74) is 1.68. The summed E-state index contributed by atoms with van der Waals surface area (Å²) in [5, 5.41) is 0. The van der Waals surface area contributed by atoms with Gasteiger partial charge in [0.25, 0.3) is 0 Å². The molecule has 0 aromatic rings. The summed E-state index contributed by atoms with van der Waals surface area (Å²) in [7, 11) is 0. The molecule has 17 heavy (non-hydrogen) atoms. The van der Waals surface area contributed by atoms with Crippen LogP contribution in [0.15, 0.2) is 11.6 Å². The van der Waals surface area contributed by atoms with Crippen molar-refractivity contribution in [2.45, 2.75) is 84.5 Å². The lowest BCUT2D eigenvalue weighted by Crippen LogP contribution is -1.85. The molecule has 0 aliphatic heterocycles. The van der Waals surface area contributed by atoms with E-state index in [0.717, 1.165) is 5.88 Å². The molecule has 0 rings (SSSR count). The molecule has 0 saturated carbocycles. The molecule has 0 fully saturated rings. The van der Waals surface area contributed by atoms with Gasteiger partial charge < -0.3 is 0 Å². The maximum Gasteiger partial charge on any atom is 0.0223 e. The second kappa shape index (κ2) is 14.1. The molecule has 0 aromatic carbocycles. The number of unbranched alkanes of at least 4 members (excludes halogenated alkanes) is 7. The Morgan fingerprint density at radius 1 is 0.882 bits per heavy atom. The highest BCUT2D eigenvalue weighted by atomic mass is 35.5. The van der Waals surface area contributed by atoms with Crippen molar-refractivity contribution >= 4 is 11.6 Å². The summed E-state index contributed by atoms with van der Waals surface area (Å²) in [4.78, 5) is 0. The molecule has 1 heteroatoms. The summed E-state index contributed by atoms with van der Waals surface area (Å²) < 4.78 is 0. The molecule has 102 valence electrons. The van der Waals surface area contributed by atoms with Crippen LogP contribution >= 0.6 is 11.6 Å². The molecule has 0 amide bonds. The van der Waals surface area contributed by atoms with Gasteiger partial charge in [-0.1, -0.05) is 57.6 Å². The van der Waals surface area contributed by atoms with Crippen molar-refractivity contribution in [3.05, 3.63) is 11.6 Å². The Morgan fingerprint density at radius 2 is 1.59 bits per heavy atom. The first-order chi connectivity index (χ1) is 8.35. The van der Waals surface area contributed by atoms with Gasteiger partial charge in [-0.3, -0.25) is 0 Å².